The third-order valence-electron chi connectivity index (χ3n) is 7.97. The molecule has 0 radical (unpaired) electrons. The van der Waals surface area contributed by atoms with Gasteiger partial charge in [-0.25, -0.2) is 18.4 Å². The van der Waals surface area contributed by atoms with E-state index in [4.69, 9.17) is 9.97 Å². The van der Waals surface area contributed by atoms with E-state index in [2.05, 4.69) is 66.0 Å². The number of aliphatic hydroxyl groups is 1. The van der Waals surface area contributed by atoms with Gasteiger partial charge < -0.3 is 20.2 Å². The summed E-state index contributed by atoms with van der Waals surface area (Å²) in [5.74, 6) is 2.70. The third-order valence-corrected chi connectivity index (χ3v) is 9.00. The summed E-state index contributed by atoms with van der Waals surface area (Å²) in [6.45, 7) is 10.00. The molecule has 2 fully saturated rings. The first-order valence-corrected chi connectivity index (χ1v) is 15.5. The fourth-order valence-electron chi connectivity index (χ4n) is 5.79. The molecule has 10 heteroatoms. The largest absolute Gasteiger partial charge is 0.393 e. The highest BCUT2D eigenvalue weighted by Crippen LogP contribution is 2.39. The SMILES string of the molecule is CC(C)c1ccc(N2C[C@H](CS(C)(=O)=O)[C@H]2C)c2cnc(Nc3ccnc(N4CC[C@H](O)C[C@H]4C)n3)cc12. The minimum Gasteiger partial charge on any atom is -0.393 e. The van der Waals surface area contributed by atoms with E-state index in [1.807, 2.05) is 12.3 Å². The van der Waals surface area contributed by atoms with Gasteiger partial charge >= 0.3 is 0 Å². The minimum atomic E-state index is -3.01. The number of rotatable bonds is 7. The molecule has 3 aromatic rings. The molecule has 4 atom stereocenters. The van der Waals surface area contributed by atoms with Crippen molar-refractivity contribution in [3.63, 3.8) is 0 Å². The van der Waals surface area contributed by atoms with Gasteiger partial charge in [0.1, 0.15) is 21.5 Å². The van der Waals surface area contributed by atoms with E-state index < -0.39 is 9.84 Å². The maximum atomic E-state index is 11.8. The molecule has 9 nitrogen and oxygen atoms in total. The Labute approximate surface area is 225 Å². The zero-order valence-electron chi connectivity index (χ0n) is 22.8. The molecule has 2 saturated heterocycles. The summed E-state index contributed by atoms with van der Waals surface area (Å²) in [5.41, 5.74) is 2.32. The average Bonchev–Trinajstić information content (AvgIpc) is 2.85. The second-order valence-electron chi connectivity index (χ2n) is 11.3. The standard InChI is InChI=1S/C28H38N6O3S/c1-17(2)22-6-7-25(34-15-20(19(34)4)16-38(5,36)37)24-14-30-27(13-23(22)24)31-26-8-10-29-28(32-26)33-11-9-21(35)12-18(33)3/h6-8,10,13-14,17-21,35H,9,11-12,15-16H2,1-5H3,(H,29,30,31,32)/t18-,19-,20-,21+/m1/s1. The van der Waals surface area contributed by atoms with Gasteiger partial charge in [-0.1, -0.05) is 19.9 Å². The van der Waals surface area contributed by atoms with E-state index in [1.165, 1.54) is 11.8 Å². The fourth-order valence-corrected chi connectivity index (χ4v) is 6.95. The van der Waals surface area contributed by atoms with Crippen LogP contribution in [-0.4, -0.2) is 71.8 Å². The van der Waals surface area contributed by atoms with E-state index in [-0.39, 0.29) is 29.9 Å². The van der Waals surface area contributed by atoms with Gasteiger partial charge in [-0.05, 0) is 61.8 Å². The fraction of sp³-hybridized carbons (Fsp3) is 0.536. The number of benzene rings is 1. The highest BCUT2D eigenvalue weighted by Gasteiger charge is 2.38. The van der Waals surface area contributed by atoms with E-state index in [0.717, 1.165) is 29.5 Å². The van der Waals surface area contributed by atoms with Gasteiger partial charge in [-0.3, -0.25) is 0 Å². The lowest BCUT2D eigenvalue weighted by Crippen LogP contribution is -2.57. The van der Waals surface area contributed by atoms with Crippen LogP contribution in [0.15, 0.2) is 36.7 Å². The molecule has 0 amide bonds. The molecule has 0 aliphatic carbocycles. The van der Waals surface area contributed by atoms with Crippen LogP contribution in [0.2, 0.25) is 0 Å². The molecule has 2 aliphatic rings. The molecule has 4 heterocycles. The second kappa shape index (κ2) is 10.3. The smallest absolute Gasteiger partial charge is 0.227 e. The van der Waals surface area contributed by atoms with Gasteiger partial charge in [-0.2, -0.15) is 4.98 Å². The van der Waals surface area contributed by atoms with Gasteiger partial charge in [0.25, 0.3) is 0 Å². The molecular weight excluding hydrogens is 500 g/mol. The maximum absolute atomic E-state index is 11.8. The van der Waals surface area contributed by atoms with Crippen molar-refractivity contribution in [2.45, 2.75) is 64.6 Å². The molecule has 0 unspecified atom stereocenters. The Hall–Kier alpha value is -2.98. The van der Waals surface area contributed by atoms with Crippen molar-refractivity contribution in [3.05, 3.63) is 42.2 Å². The number of aliphatic hydroxyl groups excluding tert-OH is 1. The van der Waals surface area contributed by atoms with Crippen molar-refractivity contribution < 1.29 is 13.5 Å². The molecule has 0 saturated carbocycles. The van der Waals surface area contributed by atoms with Crippen LogP contribution in [0.1, 0.15) is 52.0 Å². The van der Waals surface area contributed by atoms with Crippen molar-refractivity contribution >= 4 is 43.9 Å². The van der Waals surface area contributed by atoms with Gasteiger partial charge in [0.05, 0.1) is 11.9 Å². The van der Waals surface area contributed by atoms with E-state index >= 15 is 0 Å². The van der Waals surface area contributed by atoms with Crippen LogP contribution in [0.25, 0.3) is 10.8 Å². The summed E-state index contributed by atoms with van der Waals surface area (Å²) in [6, 6.07) is 8.55. The minimum absolute atomic E-state index is 0.136. The predicted octanol–water partition coefficient (Wildman–Crippen LogP) is 4.11. The topological polar surface area (TPSA) is 112 Å². The molecule has 2 aliphatic heterocycles. The van der Waals surface area contributed by atoms with Gasteiger partial charge in [0.2, 0.25) is 5.95 Å². The van der Waals surface area contributed by atoms with Crippen molar-refractivity contribution in [2.24, 2.45) is 5.92 Å². The Kier molecular flexibility index (Phi) is 7.21. The molecule has 2 aromatic heterocycles. The maximum Gasteiger partial charge on any atom is 0.227 e. The van der Waals surface area contributed by atoms with Crippen molar-refractivity contribution in [3.8, 4) is 0 Å². The van der Waals surface area contributed by atoms with Crippen LogP contribution >= 0.6 is 0 Å². The van der Waals surface area contributed by atoms with Gasteiger partial charge in [-0.15, -0.1) is 0 Å². The Bertz CT molecular complexity index is 1430. The number of piperidine rings is 1. The molecule has 1 aromatic carbocycles. The normalized spacial score (nSPS) is 24.1. The zero-order chi connectivity index (χ0) is 27.2. The number of nitrogens with one attached hydrogen (secondary N) is 1. The van der Waals surface area contributed by atoms with E-state index in [0.29, 0.717) is 36.3 Å². The Balaban J connectivity index is 1.42. The zero-order valence-corrected chi connectivity index (χ0v) is 23.6. The molecule has 0 spiro atoms. The van der Waals surface area contributed by atoms with Crippen molar-refractivity contribution in [1.82, 2.24) is 15.0 Å². The van der Waals surface area contributed by atoms with Crippen LogP contribution in [0.4, 0.5) is 23.3 Å². The number of aromatic nitrogens is 3. The summed E-state index contributed by atoms with van der Waals surface area (Å²) >= 11 is 0. The Morgan fingerprint density at radius 1 is 1.11 bits per heavy atom. The van der Waals surface area contributed by atoms with E-state index in [1.54, 1.807) is 6.20 Å². The molecular formula is C28H38N6O3S. The summed E-state index contributed by atoms with van der Waals surface area (Å²) in [6.07, 6.45) is 6.12. The predicted molar refractivity (Wildman–Crippen MR) is 153 cm³/mol. The number of nitrogens with zero attached hydrogens (tertiary/aromatic N) is 5. The Morgan fingerprint density at radius 3 is 2.58 bits per heavy atom. The summed E-state index contributed by atoms with van der Waals surface area (Å²) in [5, 5.41) is 15.5. The Morgan fingerprint density at radius 2 is 1.89 bits per heavy atom. The third kappa shape index (κ3) is 5.42. The second-order valence-corrected chi connectivity index (χ2v) is 13.5. The van der Waals surface area contributed by atoms with Crippen LogP contribution in [0.5, 0.6) is 0 Å². The number of hydrogen-bond acceptors (Lipinski definition) is 9. The lowest BCUT2D eigenvalue weighted by atomic mass is 9.88. The lowest BCUT2D eigenvalue weighted by Gasteiger charge is -2.48. The monoisotopic (exact) mass is 538 g/mol. The summed E-state index contributed by atoms with van der Waals surface area (Å²) < 4.78 is 23.7. The number of anilines is 4. The molecule has 0 bridgehead atoms. The van der Waals surface area contributed by atoms with Gasteiger partial charge in [0, 0.05) is 60.8 Å². The first kappa shape index (κ1) is 26.6. The van der Waals surface area contributed by atoms with Crippen molar-refractivity contribution in [2.75, 3.05) is 40.2 Å². The van der Waals surface area contributed by atoms with Crippen LogP contribution in [0.3, 0.4) is 0 Å². The molecule has 204 valence electrons. The molecule has 2 N–H and O–H groups in total. The first-order valence-electron chi connectivity index (χ1n) is 13.4. The van der Waals surface area contributed by atoms with Crippen LogP contribution < -0.4 is 15.1 Å². The average molecular weight is 539 g/mol. The van der Waals surface area contributed by atoms with Crippen LogP contribution in [0, 0.1) is 5.92 Å². The number of sulfone groups is 1. The highest BCUT2D eigenvalue weighted by atomic mass is 32.2. The number of pyridine rings is 1. The molecule has 5 rings (SSSR count). The quantitative estimate of drug-likeness (QED) is 0.459. The number of hydrogen-bond donors (Lipinski definition) is 2. The van der Waals surface area contributed by atoms with Gasteiger partial charge in [0.15, 0.2) is 0 Å². The van der Waals surface area contributed by atoms with Crippen molar-refractivity contribution in [1.29, 1.82) is 0 Å². The summed E-state index contributed by atoms with van der Waals surface area (Å²) in [4.78, 5) is 18.4. The number of fused-ring (bicyclic) bond motifs is 1. The van der Waals surface area contributed by atoms with E-state index in [9.17, 15) is 13.5 Å². The van der Waals surface area contributed by atoms with Crippen LogP contribution in [-0.2, 0) is 9.84 Å². The highest BCUT2D eigenvalue weighted by molar-refractivity contribution is 7.90. The summed E-state index contributed by atoms with van der Waals surface area (Å²) in [7, 11) is -3.01. The first-order chi connectivity index (χ1) is 18.0. The molecule has 38 heavy (non-hydrogen) atoms. The lowest BCUT2D eigenvalue weighted by molar-refractivity contribution is 0.131.